The van der Waals surface area contributed by atoms with E-state index in [1.807, 2.05) is 0 Å². The second-order valence-electron chi connectivity index (χ2n) is 4.83. The van der Waals surface area contributed by atoms with E-state index in [9.17, 15) is 19.1 Å². The molecular weight excluding hydrogens is 303 g/mol. The molecule has 2 aromatic carbocycles. The molecule has 0 saturated carbocycles. The number of phenolic OH excluding ortho intramolecular Hbond substituents is 1. The first kappa shape index (κ1) is 14.8. The number of hydrogen-bond acceptors (Lipinski definition) is 5. The van der Waals surface area contributed by atoms with Crippen molar-refractivity contribution in [2.45, 2.75) is 6.61 Å². The summed E-state index contributed by atoms with van der Waals surface area (Å²) in [5, 5.41) is 9.94. The monoisotopic (exact) mass is 314 g/mol. The number of aromatic hydroxyl groups is 1. The molecule has 0 aliphatic carbocycles. The first-order chi connectivity index (χ1) is 11.0. The zero-order chi connectivity index (χ0) is 16.4. The van der Waals surface area contributed by atoms with Gasteiger partial charge >= 0.3 is 11.6 Å². The summed E-state index contributed by atoms with van der Waals surface area (Å²) in [4.78, 5) is 23.4. The number of carbonyl (C=O) groups excluding carboxylic acids is 1. The van der Waals surface area contributed by atoms with Gasteiger partial charge in [0.1, 0.15) is 23.8 Å². The maximum absolute atomic E-state index is 13.5. The Morgan fingerprint density at radius 2 is 1.96 bits per heavy atom. The summed E-state index contributed by atoms with van der Waals surface area (Å²) in [6.07, 6.45) is 0. The van der Waals surface area contributed by atoms with Crippen LogP contribution in [-0.2, 0) is 11.3 Å². The molecule has 3 rings (SSSR count). The van der Waals surface area contributed by atoms with Gasteiger partial charge < -0.3 is 14.3 Å². The van der Waals surface area contributed by atoms with Gasteiger partial charge in [-0.3, -0.25) is 0 Å². The molecule has 23 heavy (non-hydrogen) atoms. The SMILES string of the molecule is O=C(OCc1cc(=O)oc2cc(O)ccc12)c1ccccc1F. The molecule has 0 amide bonds. The van der Waals surface area contributed by atoms with Crippen LogP contribution in [0.4, 0.5) is 4.39 Å². The van der Waals surface area contributed by atoms with Gasteiger partial charge in [0, 0.05) is 23.1 Å². The smallest absolute Gasteiger partial charge is 0.341 e. The zero-order valence-electron chi connectivity index (χ0n) is 11.8. The molecule has 0 spiro atoms. The van der Waals surface area contributed by atoms with Crippen molar-refractivity contribution in [1.29, 1.82) is 0 Å². The molecule has 0 bridgehead atoms. The molecule has 0 atom stereocenters. The van der Waals surface area contributed by atoms with Gasteiger partial charge in [-0.1, -0.05) is 12.1 Å². The van der Waals surface area contributed by atoms with Crippen molar-refractivity contribution in [3.05, 3.63) is 75.9 Å². The predicted octanol–water partition coefficient (Wildman–Crippen LogP) is 2.99. The van der Waals surface area contributed by atoms with Crippen molar-refractivity contribution in [3.63, 3.8) is 0 Å². The van der Waals surface area contributed by atoms with Gasteiger partial charge in [0.25, 0.3) is 0 Å². The van der Waals surface area contributed by atoms with E-state index < -0.39 is 17.4 Å². The van der Waals surface area contributed by atoms with Crippen LogP contribution in [0.3, 0.4) is 0 Å². The van der Waals surface area contributed by atoms with Gasteiger partial charge in [0.2, 0.25) is 0 Å². The summed E-state index contributed by atoms with van der Waals surface area (Å²) < 4.78 is 23.6. The van der Waals surface area contributed by atoms with E-state index in [4.69, 9.17) is 9.15 Å². The Labute approximate surface area is 129 Å². The number of rotatable bonds is 3. The average Bonchev–Trinajstić information content (AvgIpc) is 2.52. The first-order valence-corrected chi connectivity index (χ1v) is 6.72. The molecule has 0 radical (unpaired) electrons. The first-order valence-electron chi connectivity index (χ1n) is 6.72. The van der Waals surface area contributed by atoms with Gasteiger partial charge in [-0.15, -0.1) is 0 Å². The lowest BCUT2D eigenvalue weighted by molar-refractivity contribution is 0.0468. The fourth-order valence-corrected chi connectivity index (χ4v) is 2.19. The Kier molecular flexibility index (Phi) is 3.80. The van der Waals surface area contributed by atoms with E-state index in [2.05, 4.69) is 0 Å². The second-order valence-corrected chi connectivity index (χ2v) is 4.83. The van der Waals surface area contributed by atoms with E-state index in [1.165, 1.54) is 36.4 Å². The Hall–Kier alpha value is -3.15. The van der Waals surface area contributed by atoms with Crippen molar-refractivity contribution in [3.8, 4) is 5.75 Å². The number of fused-ring (bicyclic) bond motifs is 1. The van der Waals surface area contributed by atoms with Crippen LogP contribution in [0.15, 0.2) is 57.7 Å². The van der Waals surface area contributed by atoms with Crippen molar-refractivity contribution in [2.24, 2.45) is 0 Å². The third-order valence-electron chi connectivity index (χ3n) is 3.27. The molecule has 1 heterocycles. The van der Waals surface area contributed by atoms with Crippen LogP contribution in [-0.4, -0.2) is 11.1 Å². The molecule has 1 aromatic heterocycles. The highest BCUT2D eigenvalue weighted by Gasteiger charge is 2.14. The summed E-state index contributed by atoms with van der Waals surface area (Å²) in [6, 6.07) is 10.9. The fourth-order valence-electron chi connectivity index (χ4n) is 2.19. The number of benzene rings is 2. The summed E-state index contributed by atoms with van der Waals surface area (Å²) in [5.74, 6) is -1.57. The summed E-state index contributed by atoms with van der Waals surface area (Å²) in [6.45, 7) is -0.222. The van der Waals surface area contributed by atoms with Crippen LogP contribution >= 0.6 is 0 Å². The average molecular weight is 314 g/mol. The highest BCUT2D eigenvalue weighted by molar-refractivity contribution is 5.90. The van der Waals surface area contributed by atoms with E-state index in [-0.39, 0.29) is 23.5 Å². The van der Waals surface area contributed by atoms with Crippen LogP contribution in [0.25, 0.3) is 11.0 Å². The Bertz CT molecular complexity index is 945. The normalized spacial score (nSPS) is 10.7. The maximum Gasteiger partial charge on any atom is 0.341 e. The largest absolute Gasteiger partial charge is 0.508 e. The van der Waals surface area contributed by atoms with Gasteiger partial charge in [-0.25, -0.2) is 14.0 Å². The van der Waals surface area contributed by atoms with Crippen molar-refractivity contribution < 1.29 is 23.4 Å². The molecule has 0 fully saturated rings. The minimum absolute atomic E-state index is 0.0545. The lowest BCUT2D eigenvalue weighted by atomic mass is 10.1. The van der Waals surface area contributed by atoms with Crippen molar-refractivity contribution in [1.82, 2.24) is 0 Å². The number of ether oxygens (including phenoxy) is 1. The predicted molar refractivity (Wildman–Crippen MR) is 79.7 cm³/mol. The van der Waals surface area contributed by atoms with Gasteiger partial charge in [-0.05, 0) is 24.3 Å². The number of esters is 1. The van der Waals surface area contributed by atoms with Gasteiger partial charge in [0.05, 0.1) is 5.56 Å². The number of carbonyl (C=O) groups is 1. The summed E-state index contributed by atoms with van der Waals surface area (Å²) in [7, 11) is 0. The van der Waals surface area contributed by atoms with Gasteiger partial charge in [0.15, 0.2) is 0 Å². The Morgan fingerprint density at radius 3 is 2.74 bits per heavy atom. The Morgan fingerprint density at radius 1 is 1.17 bits per heavy atom. The standard InChI is InChI=1S/C17H11FO5/c18-14-4-2-1-3-13(14)17(21)22-9-10-7-16(20)23-15-8-11(19)5-6-12(10)15/h1-8,19H,9H2. The lowest BCUT2D eigenvalue weighted by Gasteiger charge is -2.08. The Balaban J connectivity index is 1.89. The second kappa shape index (κ2) is 5.92. The molecule has 5 nitrogen and oxygen atoms in total. The number of halogens is 1. The number of hydrogen-bond donors (Lipinski definition) is 1. The quantitative estimate of drug-likeness (QED) is 0.594. The lowest BCUT2D eigenvalue weighted by Crippen LogP contribution is -2.09. The molecule has 0 aliphatic rings. The molecule has 0 saturated heterocycles. The van der Waals surface area contributed by atoms with Crippen molar-refractivity contribution >= 4 is 16.9 Å². The van der Waals surface area contributed by atoms with Crippen LogP contribution in [0.1, 0.15) is 15.9 Å². The van der Waals surface area contributed by atoms with Crippen LogP contribution in [0, 0.1) is 5.82 Å². The summed E-state index contributed by atoms with van der Waals surface area (Å²) >= 11 is 0. The minimum Gasteiger partial charge on any atom is -0.508 e. The van der Waals surface area contributed by atoms with E-state index in [1.54, 1.807) is 6.07 Å². The molecule has 0 aliphatic heterocycles. The van der Waals surface area contributed by atoms with Crippen LogP contribution < -0.4 is 5.63 Å². The highest BCUT2D eigenvalue weighted by atomic mass is 19.1. The van der Waals surface area contributed by atoms with E-state index >= 15 is 0 Å². The van der Waals surface area contributed by atoms with Crippen LogP contribution in [0.5, 0.6) is 5.75 Å². The molecule has 1 N–H and O–H groups in total. The van der Waals surface area contributed by atoms with Gasteiger partial charge in [-0.2, -0.15) is 0 Å². The molecule has 6 heteroatoms. The zero-order valence-corrected chi connectivity index (χ0v) is 11.8. The molecule has 0 unspecified atom stereocenters. The van der Waals surface area contributed by atoms with E-state index in [0.717, 1.165) is 6.07 Å². The molecular formula is C17H11FO5. The third kappa shape index (κ3) is 3.06. The fraction of sp³-hybridized carbons (Fsp3) is 0.0588. The molecule has 3 aromatic rings. The third-order valence-corrected chi connectivity index (χ3v) is 3.27. The minimum atomic E-state index is -0.830. The summed E-state index contributed by atoms with van der Waals surface area (Å²) in [5.41, 5.74) is -0.243. The maximum atomic E-state index is 13.5. The highest BCUT2D eigenvalue weighted by Crippen LogP contribution is 2.22. The topological polar surface area (TPSA) is 76.7 Å². The van der Waals surface area contributed by atoms with Crippen molar-refractivity contribution in [2.75, 3.05) is 0 Å². The van der Waals surface area contributed by atoms with Crippen LogP contribution in [0.2, 0.25) is 0 Å². The molecule has 116 valence electrons. The number of phenols is 1. The van der Waals surface area contributed by atoms with E-state index in [0.29, 0.717) is 10.9 Å².